The van der Waals surface area contributed by atoms with Crippen LogP contribution in [-0.4, -0.2) is 395 Å². The van der Waals surface area contributed by atoms with Crippen LogP contribution < -0.4 is 21.3 Å². The maximum Gasteiger partial charge on any atom is 0.311 e. The first-order valence-electron chi connectivity index (χ1n) is 29.4. The van der Waals surface area contributed by atoms with Crippen molar-refractivity contribution in [3.8, 4) is 0 Å². The van der Waals surface area contributed by atoms with E-state index in [1.165, 1.54) is 6.92 Å². The lowest BCUT2D eigenvalue weighted by molar-refractivity contribution is -0.489. The van der Waals surface area contributed by atoms with E-state index >= 15 is 0 Å². The Hall–Kier alpha value is -3.52. The molecule has 0 radical (unpaired) electrons. The lowest BCUT2D eigenvalue weighted by atomic mass is 9.90. The topological polar surface area (TPSA) is 681 Å². The molecule has 7 fully saturated rings. The molecule has 7 saturated heterocycles. The minimum absolute atomic E-state index is 0.624. The Morgan fingerprint density at radius 2 is 0.734 bits per heavy atom. The first-order valence-corrected chi connectivity index (χ1v) is 29.4. The van der Waals surface area contributed by atoms with Crippen LogP contribution >= 0.6 is 0 Å². The number of rotatable bonds is 23. The van der Waals surface area contributed by atoms with Crippen molar-refractivity contribution in [3.63, 3.8) is 0 Å². The predicted octanol–water partition coefficient (Wildman–Crippen LogP) is -17.4. The molecule has 544 valence electrons. The minimum Gasteiger partial charge on any atom is -0.394 e. The molecular weight excluding hydrogens is 1290 g/mol. The molecule has 94 heavy (non-hydrogen) atoms. The van der Waals surface area contributed by atoms with Crippen LogP contribution in [0.25, 0.3) is 0 Å². The Morgan fingerprint density at radius 1 is 0.383 bits per heavy atom. The normalized spacial score (nSPS) is 46.5. The molecule has 0 saturated carbocycles. The fourth-order valence-corrected chi connectivity index (χ4v) is 12.0. The van der Waals surface area contributed by atoms with Crippen LogP contribution in [0.1, 0.15) is 34.6 Å². The first-order chi connectivity index (χ1) is 44.0. The van der Waals surface area contributed by atoms with Crippen molar-refractivity contribution in [3.05, 3.63) is 0 Å². The zero-order valence-corrected chi connectivity index (χ0v) is 50.6. The molecule has 43 nitrogen and oxygen atoms in total. The second kappa shape index (κ2) is 31.8. The van der Waals surface area contributed by atoms with Crippen LogP contribution in [0.3, 0.4) is 0 Å². The van der Waals surface area contributed by atoms with Crippen LogP contribution in [0.4, 0.5) is 0 Å². The molecule has 43 heteroatoms. The number of carbonyl (C=O) groups excluding carboxylic acids is 4. The standard InChI is InChI=1S/C51H86N4O39/c1-12-23(52-13(2)62)37(27(66)17(6-56)82-12)89-44-26(55-16(5)65)32(71)36(22(11-61)86-44)94-51(81)40(73)39(29(68)19(8-58)93-51)91-46-25(54-15(4)64)30(69)34(20(9-59)85-46)87-47-33(72)38(28(67)18(7-57)83-47)90-45-24(53-14(3)63)31(70)35(21(10-60)84-45)88-48-41(74)49(77,78)50(79,80)42(92-48)43(75)76/h12,17-48,56-61,66-81H,6-11H2,1-5H3,(H,52,62)(H,53,63)(H,54,64)(H,55,65)/t12-,17?,18?,19?,20?,21?,22?,23?,24?,25?,26?,27-,28-,29-,30+,31+,32+,33?,34+,35+,36+,37+,38-,39-,40?,41?,42?,44-,45-,46-,47-,48+,51+/m0/s1. The number of amides is 4. The SMILES string of the molecule is CC(=O)NC1[C@H](O[C@@H]2C(O)[C@](O)(O[C@@H]3C(CO)O[C@@H](O[C@@H]4C(NC(C)=O)[C@H](C)OC(CO)[C@@H]4O)C(NC(C)=O)[C@H]3O)OC(CO)[C@@H]2O)OC(CO)[C@@H](O[C@@H]2OC(CO)[C@H](O)[C@H](O[C@@H]3OC(CO)[C@@H](O[C@@H]4OC(C(O)O)C(O)(O)C(O)(O)C4O)[C@H](O)C3NC(C)=O)C2O)[C@@H]1O. The van der Waals surface area contributed by atoms with Crippen molar-refractivity contribution >= 4 is 23.6 Å². The zero-order valence-electron chi connectivity index (χ0n) is 50.6. The minimum atomic E-state index is -4.07. The van der Waals surface area contributed by atoms with Gasteiger partial charge in [-0.05, 0) is 6.92 Å². The largest absolute Gasteiger partial charge is 0.394 e. The van der Waals surface area contributed by atoms with E-state index in [1.54, 1.807) is 0 Å². The molecule has 14 unspecified atom stereocenters. The maximum absolute atomic E-state index is 12.9. The summed E-state index contributed by atoms with van der Waals surface area (Å²) in [5.74, 6) is -15.1. The van der Waals surface area contributed by atoms with Gasteiger partial charge in [-0.1, -0.05) is 0 Å². The van der Waals surface area contributed by atoms with E-state index in [4.69, 9.17) is 61.6 Å². The summed E-state index contributed by atoms with van der Waals surface area (Å²) in [6, 6.07) is -6.95. The predicted molar refractivity (Wildman–Crippen MR) is 286 cm³/mol. The van der Waals surface area contributed by atoms with Gasteiger partial charge in [0.25, 0.3) is 11.6 Å². The van der Waals surface area contributed by atoms with Gasteiger partial charge in [0.05, 0.1) is 51.8 Å². The Bertz CT molecular complexity index is 2500. The third-order valence-electron chi connectivity index (χ3n) is 16.8. The highest BCUT2D eigenvalue weighted by Crippen LogP contribution is 2.42. The molecule has 7 heterocycles. The third-order valence-corrected chi connectivity index (χ3v) is 16.8. The molecule has 0 aromatic carbocycles. The van der Waals surface area contributed by atoms with Gasteiger partial charge in [-0.25, -0.2) is 0 Å². The third kappa shape index (κ3) is 16.0. The molecule has 7 aliphatic rings. The van der Waals surface area contributed by atoms with Gasteiger partial charge in [0, 0.05) is 27.7 Å². The Morgan fingerprint density at radius 3 is 1.17 bits per heavy atom. The van der Waals surface area contributed by atoms with E-state index in [-0.39, 0.29) is 0 Å². The lowest BCUT2D eigenvalue weighted by Crippen LogP contribution is -2.77. The van der Waals surface area contributed by atoms with Crippen LogP contribution in [0, 0.1) is 0 Å². The number of ether oxygens (including phenoxy) is 13. The van der Waals surface area contributed by atoms with Crippen LogP contribution in [0.5, 0.6) is 0 Å². The van der Waals surface area contributed by atoms with Crippen molar-refractivity contribution in [2.75, 3.05) is 39.6 Å². The summed E-state index contributed by atoms with van der Waals surface area (Å²) in [5, 5.41) is 249. The van der Waals surface area contributed by atoms with Crippen LogP contribution in [-0.2, 0) is 80.8 Å². The van der Waals surface area contributed by atoms with Gasteiger partial charge in [0.15, 0.2) is 56.1 Å². The summed E-state index contributed by atoms with van der Waals surface area (Å²) in [4.78, 5) is 50.3. The second-order valence-electron chi connectivity index (χ2n) is 23.5. The quantitative estimate of drug-likeness (QED) is 0.0422. The van der Waals surface area contributed by atoms with Crippen molar-refractivity contribution in [1.29, 1.82) is 0 Å². The van der Waals surface area contributed by atoms with Gasteiger partial charge in [0.1, 0.15) is 134 Å². The van der Waals surface area contributed by atoms with Gasteiger partial charge in [-0.15, -0.1) is 0 Å². The molecule has 0 aromatic rings. The van der Waals surface area contributed by atoms with Gasteiger partial charge < -0.3 is 195 Å². The summed E-state index contributed by atoms with van der Waals surface area (Å²) < 4.78 is 74.4. The summed E-state index contributed by atoms with van der Waals surface area (Å²) in [7, 11) is 0. The van der Waals surface area contributed by atoms with Gasteiger partial charge in [-0.2, -0.15) is 0 Å². The molecule has 4 amide bonds. The van der Waals surface area contributed by atoms with Crippen molar-refractivity contribution in [2.24, 2.45) is 0 Å². The second-order valence-corrected chi connectivity index (χ2v) is 23.5. The van der Waals surface area contributed by atoms with E-state index in [0.717, 1.165) is 27.7 Å². The zero-order chi connectivity index (χ0) is 70.1. The van der Waals surface area contributed by atoms with E-state index < -0.39 is 283 Å². The number of hydrogen-bond acceptors (Lipinski definition) is 39. The van der Waals surface area contributed by atoms with Gasteiger partial charge in [-0.3, -0.25) is 19.2 Å². The smallest absolute Gasteiger partial charge is 0.311 e. The van der Waals surface area contributed by atoms with Gasteiger partial charge >= 0.3 is 5.97 Å². The molecular formula is C51H86N4O39. The number of hydrogen-bond donors (Lipinski definition) is 26. The van der Waals surface area contributed by atoms with Gasteiger partial charge in [0.2, 0.25) is 23.6 Å². The Kier molecular flexibility index (Phi) is 26.3. The fourth-order valence-electron chi connectivity index (χ4n) is 12.0. The monoisotopic (exact) mass is 1380 g/mol. The van der Waals surface area contributed by atoms with E-state index in [2.05, 4.69) is 21.3 Å². The number of carbonyl (C=O) groups is 4. The highest BCUT2D eigenvalue weighted by molar-refractivity contribution is 5.74. The molecule has 26 N–H and O–H groups in total. The molecule has 33 atom stereocenters. The summed E-state index contributed by atoms with van der Waals surface area (Å²) in [5.41, 5.74) is 0. The van der Waals surface area contributed by atoms with Crippen LogP contribution in [0.15, 0.2) is 0 Å². The Balaban J connectivity index is 1.11. The average Bonchev–Trinajstić information content (AvgIpc) is 0.753. The summed E-state index contributed by atoms with van der Waals surface area (Å²) in [6.07, 6.45) is -61.9. The summed E-state index contributed by atoms with van der Waals surface area (Å²) in [6.45, 7) is -1.27. The van der Waals surface area contributed by atoms with E-state index in [9.17, 15) is 132 Å². The maximum atomic E-state index is 12.9. The molecule has 7 rings (SSSR count). The van der Waals surface area contributed by atoms with Crippen LogP contribution in [0.2, 0.25) is 0 Å². The van der Waals surface area contributed by atoms with Crippen molar-refractivity contribution in [2.45, 2.75) is 254 Å². The molecule has 7 aliphatic heterocycles. The molecule has 0 spiro atoms. The molecule has 0 aliphatic carbocycles. The van der Waals surface area contributed by atoms with E-state index in [1.807, 2.05) is 0 Å². The van der Waals surface area contributed by atoms with E-state index in [0.29, 0.717) is 0 Å². The van der Waals surface area contributed by atoms with Crippen molar-refractivity contribution in [1.82, 2.24) is 21.3 Å². The Labute approximate surface area is 531 Å². The first kappa shape index (κ1) is 77.8. The molecule has 0 aromatic heterocycles. The number of nitrogens with one attached hydrogen (secondary N) is 4. The van der Waals surface area contributed by atoms with Crippen molar-refractivity contribution < 1.29 is 193 Å². The lowest BCUT2D eigenvalue weighted by Gasteiger charge is -2.53. The highest BCUT2D eigenvalue weighted by Gasteiger charge is 2.68. The number of aliphatic hydroxyl groups excluding tert-OH is 16. The highest BCUT2D eigenvalue weighted by atomic mass is 16.9. The fraction of sp³-hybridized carbons (Fsp3) is 0.922. The number of aliphatic hydroxyl groups is 22. The average molecular weight is 1380 g/mol. The summed E-state index contributed by atoms with van der Waals surface area (Å²) >= 11 is 0. The molecule has 0 bridgehead atoms.